The van der Waals surface area contributed by atoms with Crippen molar-refractivity contribution in [1.82, 2.24) is 0 Å². The van der Waals surface area contributed by atoms with E-state index < -0.39 is 0 Å². The first-order valence-corrected chi connectivity index (χ1v) is 3.75. The van der Waals surface area contributed by atoms with Crippen molar-refractivity contribution in [2.45, 2.75) is 0 Å². The van der Waals surface area contributed by atoms with Gasteiger partial charge < -0.3 is 0 Å². The summed E-state index contributed by atoms with van der Waals surface area (Å²) in [5.74, 6) is 0. The van der Waals surface area contributed by atoms with Gasteiger partial charge in [-0.2, -0.15) is 0 Å². The van der Waals surface area contributed by atoms with Gasteiger partial charge in [-0.25, -0.2) is 0 Å². The van der Waals surface area contributed by atoms with Gasteiger partial charge in [0.25, 0.3) is 0 Å². The Kier molecular flexibility index (Phi) is 0.951. The SMILES string of the molecule is [C]1=CC=C[AsH]1. The van der Waals surface area contributed by atoms with Crippen molar-refractivity contribution in [3.8, 4) is 0 Å². The molecule has 0 N–H and O–H groups in total. The fourth-order valence-corrected chi connectivity index (χ4v) is 1.25. The van der Waals surface area contributed by atoms with Crippen LogP contribution in [0, 0.1) is 4.86 Å². The molecule has 0 aromatic heterocycles. The monoisotopic (exact) mass is 127 g/mol. The average molecular weight is 127 g/mol. The van der Waals surface area contributed by atoms with Gasteiger partial charge in [-0.1, -0.05) is 0 Å². The summed E-state index contributed by atoms with van der Waals surface area (Å²) in [7, 11) is 0. The van der Waals surface area contributed by atoms with Crippen LogP contribution >= 0.6 is 0 Å². The van der Waals surface area contributed by atoms with Gasteiger partial charge in [0.2, 0.25) is 0 Å². The van der Waals surface area contributed by atoms with E-state index in [2.05, 4.69) is 15.8 Å². The van der Waals surface area contributed by atoms with Crippen LogP contribution < -0.4 is 0 Å². The van der Waals surface area contributed by atoms with Crippen molar-refractivity contribution < 1.29 is 0 Å². The molecule has 0 aliphatic carbocycles. The maximum atomic E-state index is 3.11. The van der Waals surface area contributed by atoms with Crippen molar-refractivity contribution in [3.63, 3.8) is 0 Å². The second-order valence-electron chi connectivity index (χ2n) is 0.814. The zero-order valence-corrected chi connectivity index (χ0v) is 4.83. The van der Waals surface area contributed by atoms with Gasteiger partial charge in [-0.15, -0.1) is 0 Å². The van der Waals surface area contributed by atoms with Gasteiger partial charge >= 0.3 is 37.6 Å². The van der Waals surface area contributed by atoms with Crippen LogP contribution in [0.4, 0.5) is 0 Å². The molecule has 0 fully saturated rings. The molecule has 25 valence electrons. The third-order valence-electron chi connectivity index (χ3n) is 0.442. The summed E-state index contributed by atoms with van der Waals surface area (Å²) in [6, 6.07) is 0. The minimum atomic E-state index is 0.153. The molecule has 0 nitrogen and oxygen atoms in total. The third kappa shape index (κ3) is 0.661. The standard InChI is InChI=1S/C4H4As/c1-2-4-5-3-1/h1-3,5H. The number of rotatable bonds is 0. The summed E-state index contributed by atoms with van der Waals surface area (Å²) in [5.41, 5.74) is 0. The molecule has 0 bridgehead atoms. The fourth-order valence-electron chi connectivity index (χ4n) is 0.241. The molecule has 0 saturated heterocycles. The van der Waals surface area contributed by atoms with E-state index in [0.717, 1.165) is 0 Å². The van der Waals surface area contributed by atoms with E-state index in [1.807, 2.05) is 6.08 Å². The predicted molar refractivity (Wildman–Crippen MR) is 24.1 cm³/mol. The predicted octanol–water partition coefficient (Wildman–Crippen LogP) is 0.267. The number of hydrogen-bond donors (Lipinski definition) is 0. The number of allylic oxidation sites excluding steroid dienone is 2. The summed E-state index contributed by atoms with van der Waals surface area (Å²) in [4.78, 5) is 5.31. The number of hydrogen-bond acceptors (Lipinski definition) is 0. The molecule has 1 radical (unpaired) electrons. The summed E-state index contributed by atoms with van der Waals surface area (Å²) < 4.78 is 0. The molecule has 1 atom stereocenters. The van der Waals surface area contributed by atoms with E-state index in [1.54, 1.807) is 0 Å². The van der Waals surface area contributed by atoms with Crippen molar-refractivity contribution in [3.05, 3.63) is 21.9 Å². The van der Waals surface area contributed by atoms with E-state index in [-0.39, 0.29) is 15.8 Å². The van der Waals surface area contributed by atoms with Gasteiger partial charge in [0.15, 0.2) is 0 Å². The molecule has 0 aromatic carbocycles. The van der Waals surface area contributed by atoms with Gasteiger partial charge in [0.1, 0.15) is 0 Å². The quantitative estimate of drug-likeness (QED) is 0.409. The van der Waals surface area contributed by atoms with E-state index in [1.165, 1.54) is 0 Å². The van der Waals surface area contributed by atoms with E-state index >= 15 is 0 Å². The van der Waals surface area contributed by atoms with Crippen LogP contribution in [-0.2, 0) is 0 Å². The molecule has 5 heavy (non-hydrogen) atoms. The Morgan fingerprint density at radius 3 is 2.80 bits per heavy atom. The molecule has 1 heteroatoms. The first kappa shape index (κ1) is 3.24. The Balaban J connectivity index is 2.61. The van der Waals surface area contributed by atoms with Crippen molar-refractivity contribution in [2.75, 3.05) is 0 Å². The van der Waals surface area contributed by atoms with Crippen LogP contribution in [-0.4, -0.2) is 15.8 Å². The Morgan fingerprint density at radius 2 is 2.60 bits per heavy atom. The van der Waals surface area contributed by atoms with Crippen LogP contribution in [0.25, 0.3) is 0 Å². The van der Waals surface area contributed by atoms with E-state index in [9.17, 15) is 0 Å². The topological polar surface area (TPSA) is 0 Å². The maximum absolute atomic E-state index is 3.11. The van der Waals surface area contributed by atoms with Gasteiger partial charge in [0.05, 0.1) is 0 Å². The van der Waals surface area contributed by atoms with Crippen LogP contribution in [0.1, 0.15) is 0 Å². The Morgan fingerprint density at radius 1 is 1.60 bits per heavy atom. The average Bonchev–Trinajstić information content (AvgIpc) is 1.76. The Bertz CT molecular complexity index is 61.7. The molecule has 0 aromatic rings. The summed E-state index contributed by atoms with van der Waals surface area (Å²) >= 11 is 0.153. The second kappa shape index (κ2) is 1.47. The van der Waals surface area contributed by atoms with E-state index in [0.29, 0.717) is 0 Å². The summed E-state index contributed by atoms with van der Waals surface area (Å²) in [5, 5.41) is 0. The van der Waals surface area contributed by atoms with Crippen LogP contribution in [0.2, 0.25) is 0 Å². The van der Waals surface area contributed by atoms with Gasteiger partial charge in [-0.05, 0) is 0 Å². The molecule has 0 saturated carbocycles. The molecule has 1 heterocycles. The minimum absolute atomic E-state index is 0.153. The Labute approximate surface area is 38.3 Å². The molecular weight excluding hydrogens is 123 g/mol. The molecular formula is C4H4As. The zero-order valence-electron chi connectivity index (χ0n) is 2.73. The van der Waals surface area contributed by atoms with Gasteiger partial charge in [-0.3, -0.25) is 0 Å². The Hall–Kier alpha value is 0.0384. The molecule has 1 unspecified atom stereocenters. The normalized spacial score (nSPS) is 17.6. The van der Waals surface area contributed by atoms with Crippen molar-refractivity contribution in [2.24, 2.45) is 0 Å². The van der Waals surface area contributed by atoms with Crippen molar-refractivity contribution >= 4 is 15.8 Å². The summed E-state index contributed by atoms with van der Waals surface area (Å²) in [6.45, 7) is 0. The first-order valence-electron chi connectivity index (χ1n) is 1.49. The van der Waals surface area contributed by atoms with Crippen LogP contribution in [0.3, 0.4) is 0 Å². The zero-order chi connectivity index (χ0) is 3.54. The van der Waals surface area contributed by atoms with Crippen molar-refractivity contribution in [1.29, 1.82) is 0 Å². The summed E-state index contributed by atoms with van der Waals surface area (Å²) in [6.07, 6.45) is 4.04. The van der Waals surface area contributed by atoms with Gasteiger partial charge in [0, 0.05) is 0 Å². The van der Waals surface area contributed by atoms with Crippen LogP contribution in [0.5, 0.6) is 0 Å². The second-order valence-corrected chi connectivity index (χ2v) is 2.73. The fraction of sp³-hybridized carbons (Fsp3) is 0. The van der Waals surface area contributed by atoms with E-state index in [4.69, 9.17) is 0 Å². The third-order valence-corrected chi connectivity index (χ3v) is 1.90. The molecule has 1 rings (SSSR count). The molecule has 0 spiro atoms. The van der Waals surface area contributed by atoms with Crippen LogP contribution in [0.15, 0.2) is 17.0 Å². The molecule has 1 aliphatic heterocycles. The molecule has 0 amide bonds. The molecule has 1 aliphatic rings. The first-order chi connectivity index (χ1) is 2.50.